The minimum Gasteiger partial charge on any atom is -0.497 e. The molecule has 0 atom stereocenters. The van der Waals surface area contributed by atoms with Gasteiger partial charge < -0.3 is 9.64 Å². The highest BCUT2D eigenvalue weighted by atomic mass is 16.5. The maximum atomic E-state index is 8.80. The Morgan fingerprint density at radius 1 is 1.25 bits per heavy atom. The van der Waals surface area contributed by atoms with E-state index in [0.717, 1.165) is 22.8 Å². The van der Waals surface area contributed by atoms with Gasteiger partial charge in [-0.2, -0.15) is 5.26 Å². The lowest BCUT2D eigenvalue weighted by atomic mass is 10.2. The standard InChI is InChI=1S/C16H17N3O/c1-12-8-16(20-3)9-14(18-12)11-19(2)15-6-4-13(10-17)5-7-15/h4-9H,11H2,1-3H3. The SMILES string of the molecule is COc1cc(C)nc(CN(C)c2ccc(C#N)cc2)c1. The van der Waals surface area contributed by atoms with Crippen molar-refractivity contribution < 1.29 is 4.74 Å². The Morgan fingerprint density at radius 2 is 1.95 bits per heavy atom. The van der Waals surface area contributed by atoms with Crippen LogP contribution in [0.5, 0.6) is 5.75 Å². The van der Waals surface area contributed by atoms with Crippen LogP contribution >= 0.6 is 0 Å². The summed E-state index contributed by atoms with van der Waals surface area (Å²) in [5.74, 6) is 0.820. The number of ether oxygens (including phenoxy) is 1. The minimum atomic E-state index is 0.664. The predicted octanol–water partition coefficient (Wildman–Crippen LogP) is 2.91. The van der Waals surface area contributed by atoms with Gasteiger partial charge in [-0.1, -0.05) is 0 Å². The molecule has 4 heteroatoms. The summed E-state index contributed by atoms with van der Waals surface area (Å²) in [6.07, 6.45) is 0. The van der Waals surface area contributed by atoms with Gasteiger partial charge in [0.2, 0.25) is 0 Å². The molecule has 0 spiro atoms. The van der Waals surface area contributed by atoms with Gasteiger partial charge in [0.1, 0.15) is 5.75 Å². The number of hydrogen-bond donors (Lipinski definition) is 0. The molecule has 0 radical (unpaired) electrons. The van der Waals surface area contributed by atoms with Gasteiger partial charge in [-0.15, -0.1) is 0 Å². The van der Waals surface area contributed by atoms with Gasteiger partial charge in [-0.25, -0.2) is 0 Å². The van der Waals surface area contributed by atoms with Crippen molar-refractivity contribution in [2.45, 2.75) is 13.5 Å². The summed E-state index contributed by atoms with van der Waals surface area (Å²) in [7, 11) is 3.65. The van der Waals surface area contributed by atoms with Gasteiger partial charge in [0.05, 0.1) is 31.0 Å². The lowest BCUT2D eigenvalue weighted by molar-refractivity contribution is 0.413. The summed E-state index contributed by atoms with van der Waals surface area (Å²) in [5, 5.41) is 8.80. The Bertz CT molecular complexity index is 629. The van der Waals surface area contributed by atoms with Crippen molar-refractivity contribution in [3.05, 3.63) is 53.3 Å². The van der Waals surface area contributed by atoms with Crippen molar-refractivity contribution in [2.75, 3.05) is 19.1 Å². The average Bonchev–Trinajstić information content (AvgIpc) is 2.46. The number of rotatable bonds is 4. The second-order valence-corrected chi connectivity index (χ2v) is 4.65. The van der Waals surface area contributed by atoms with Gasteiger partial charge in [-0.05, 0) is 31.2 Å². The number of anilines is 1. The van der Waals surface area contributed by atoms with Gasteiger partial charge >= 0.3 is 0 Å². The molecule has 20 heavy (non-hydrogen) atoms. The van der Waals surface area contributed by atoms with Crippen molar-refractivity contribution in [3.63, 3.8) is 0 Å². The lowest BCUT2D eigenvalue weighted by Gasteiger charge is -2.19. The quantitative estimate of drug-likeness (QED) is 0.854. The third-order valence-corrected chi connectivity index (χ3v) is 3.05. The second kappa shape index (κ2) is 6.07. The molecule has 2 rings (SSSR count). The Balaban J connectivity index is 2.16. The number of benzene rings is 1. The molecular formula is C16H17N3O. The Morgan fingerprint density at radius 3 is 2.55 bits per heavy atom. The molecule has 0 unspecified atom stereocenters. The molecule has 0 N–H and O–H groups in total. The summed E-state index contributed by atoms with van der Waals surface area (Å²) >= 11 is 0. The molecule has 0 aliphatic rings. The largest absolute Gasteiger partial charge is 0.497 e. The normalized spacial score (nSPS) is 9.90. The van der Waals surface area contributed by atoms with Crippen molar-refractivity contribution in [1.29, 1.82) is 5.26 Å². The van der Waals surface area contributed by atoms with E-state index in [1.807, 2.05) is 50.4 Å². The molecule has 0 saturated heterocycles. The molecule has 0 bridgehead atoms. The number of methoxy groups -OCH3 is 1. The Hall–Kier alpha value is -2.54. The van der Waals surface area contributed by atoms with E-state index in [2.05, 4.69) is 16.0 Å². The van der Waals surface area contributed by atoms with Crippen LogP contribution in [0.25, 0.3) is 0 Å². The molecule has 1 heterocycles. The Labute approximate surface area is 119 Å². The first-order chi connectivity index (χ1) is 9.62. The molecule has 2 aromatic rings. The second-order valence-electron chi connectivity index (χ2n) is 4.65. The van der Waals surface area contributed by atoms with Crippen LogP contribution in [0.1, 0.15) is 17.0 Å². The van der Waals surface area contributed by atoms with Crippen molar-refractivity contribution in [1.82, 2.24) is 4.98 Å². The summed E-state index contributed by atoms with van der Waals surface area (Å²) in [5.41, 5.74) is 3.60. The zero-order valence-corrected chi connectivity index (χ0v) is 11.9. The fourth-order valence-corrected chi connectivity index (χ4v) is 2.03. The molecule has 0 fully saturated rings. The molecule has 102 valence electrons. The topological polar surface area (TPSA) is 49.1 Å². The third kappa shape index (κ3) is 3.27. The van der Waals surface area contributed by atoms with Gasteiger partial charge in [0.15, 0.2) is 0 Å². The highest BCUT2D eigenvalue weighted by Crippen LogP contribution is 2.18. The minimum absolute atomic E-state index is 0.664. The Kier molecular flexibility index (Phi) is 4.21. The number of pyridine rings is 1. The molecule has 0 saturated carbocycles. The fourth-order valence-electron chi connectivity index (χ4n) is 2.03. The van der Waals surface area contributed by atoms with E-state index in [0.29, 0.717) is 12.1 Å². The molecule has 1 aromatic carbocycles. The molecule has 0 aliphatic heterocycles. The molecule has 0 amide bonds. The summed E-state index contributed by atoms with van der Waals surface area (Å²) in [6, 6.07) is 13.5. The van der Waals surface area contributed by atoms with E-state index < -0.39 is 0 Å². The molecule has 1 aromatic heterocycles. The first-order valence-corrected chi connectivity index (χ1v) is 6.35. The van der Waals surface area contributed by atoms with E-state index in [-0.39, 0.29) is 0 Å². The summed E-state index contributed by atoms with van der Waals surface area (Å²) in [6.45, 7) is 2.64. The third-order valence-electron chi connectivity index (χ3n) is 3.05. The van der Waals surface area contributed by atoms with E-state index >= 15 is 0 Å². The van der Waals surface area contributed by atoms with Crippen LogP contribution in [0.3, 0.4) is 0 Å². The first-order valence-electron chi connectivity index (χ1n) is 6.35. The number of aryl methyl sites for hydroxylation is 1. The molecule has 4 nitrogen and oxygen atoms in total. The highest BCUT2D eigenvalue weighted by Gasteiger charge is 2.06. The van der Waals surface area contributed by atoms with E-state index in [1.165, 1.54) is 0 Å². The van der Waals surface area contributed by atoms with Gasteiger partial charge in [0, 0.05) is 30.6 Å². The van der Waals surface area contributed by atoms with Crippen LogP contribution in [0, 0.1) is 18.3 Å². The molecule has 0 aliphatic carbocycles. The van der Waals surface area contributed by atoms with Crippen LogP contribution in [0.15, 0.2) is 36.4 Å². The first kappa shape index (κ1) is 13.9. The lowest BCUT2D eigenvalue weighted by Crippen LogP contribution is -2.17. The number of aromatic nitrogens is 1. The van der Waals surface area contributed by atoms with Crippen LogP contribution in [0.2, 0.25) is 0 Å². The van der Waals surface area contributed by atoms with Gasteiger partial charge in [-0.3, -0.25) is 4.98 Å². The predicted molar refractivity (Wildman–Crippen MR) is 78.8 cm³/mol. The van der Waals surface area contributed by atoms with Gasteiger partial charge in [0.25, 0.3) is 0 Å². The number of nitrogens with zero attached hydrogens (tertiary/aromatic N) is 3. The van der Waals surface area contributed by atoms with Crippen LogP contribution in [-0.4, -0.2) is 19.1 Å². The van der Waals surface area contributed by atoms with Crippen molar-refractivity contribution in [2.24, 2.45) is 0 Å². The van der Waals surface area contributed by atoms with Crippen LogP contribution in [0.4, 0.5) is 5.69 Å². The van der Waals surface area contributed by atoms with E-state index in [9.17, 15) is 0 Å². The van der Waals surface area contributed by atoms with Crippen LogP contribution in [-0.2, 0) is 6.54 Å². The maximum Gasteiger partial charge on any atom is 0.122 e. The average molecular weight is 267 g/mol. The molecular weight excluding hydrogens is 250 g/mol. The van der Waals surface area contributed by atoms with Crippen LogP contribution < -0.4 is 9.64 Å². The van der Waals surface area contributed by atoms with Crippen molar-refractivity contribution in [3.8, 4) is 11.8 Å². The summed E-state index contributed by atoms with van der Waals surface area (Å²) < 4.78 is 5.26. The number of nitriles is 1. The smallest absolute Gasteiger partial charge is 0.122 e. The zero-order chi connectivity index (χ0) is 14.5. The van der Waals surface area contributed by atoms with Crippen molar-refractivity contribution >= 4 is 5.69 Å². The van der Waals surface area contributed by atoms with E-state index in [4.69, 9.17) is 10.00 Å². The maximum absolute atomic E-state index is 8.80. The monoisotopic (exact) mass is 267 g/mol. The summed E-state index contributed by atoms with van der Waals surface area (Å²) in [4.78, 5) is 6.59. The number of hydrogen-bond acceptors (Lipinski definition) is 4. The highest BCUT2D eigenvalue weighted by molar-refractivity contribution is 5.49. The zero-order valence-electron chi connectivity index (χ0n) is 11.9. The fraction of sp³-hybridized carbons (Fsp3) is 0.250. The van der Waals surface area contributed by atoms with E-state index in [1.54, 1.807) is 7.11 Å².